The first-order valence-corrected chi connectivity index (χ1v) is 5.56. The Morgan fingerprint density at radius 3 is 2.58 bits per heavy atom. The fraction of sp³-hybridized carbons (Fsp3) is 0.231. The number of carbonyl (C=O) groups is 2. The molecule has 0 fully saturated rings. The molecule has 1 aromatic carbocycles. The molecule has 1 unspecified atom stereocenters. The van der Waals surface area contributed by atoms with E-state index in [2.05, 4.69) is 0 Å². The van der Waals surface area contributed by atoms with Crippen molar-refractivity contribution in [3.8, 4) is 11.5 Å². The van der Waals surface area contributed by atoms with Gasteiger partial charge in [0.1, 0.15) is 0 Å². The van der Waals surface area contributed by atoms with E-state index in [0.29, 0.717) is 17.1 Å². The van der Waals surface area contributed by atoms with Crippen LogP contribution >= 0.6 is 0 Å². The third kappa shape index (κ3) is 2.67. The second kappa shape index (κ2) is 5.01. The first-order chi connectivity index (χ1) is 8.99. The van der Waals surface area contributed by atoms with Gasteiger partial charge in [0, 0.05) is 0 Å². The van der Waals surface area contributed by atoms with Crippen molar-refractivity contribution in [2.75, 3.05) is 6.79 Å². The van der Waals surface area contributed by atoms with E-state index in [4.69, 9.17) is 19.7 Å². The molecule has 0 saturated heterocycles. The average Bonchev–Trinajstić information content (AvgIpc) is 2.81. The highest BCUT2D eigenvalue weighted by Crippen LogP contribution is 2.33. The molecule has 2 N–H and O–H groups in total. The molecule has 0 radical (unpaired) electrons. The predicted octanol–water partition coefficient (Wildman–Crippen LogP) is 1.60. The highest BCUT2D eigenvalue weighted by Gasteiger charge is 2.23. The molecular formula is C13H12O6. The van der Waals surface area contributed by atoms with E-state index >= 15 is 0 Å². The van der Waals surface area contributed by atoms with E-state index in [9.17, 15) is 9.59 Å². The molecule has 1 atom stereocenters. The molecule has 1 aliphatic rings. The van der Waals surface area contributed by atoms with Gasteiger partial charge in [-0.2, -0.15) is 0 Å². The minimum absolute atomic E-state index is 0.125. The summed E-state index contributed by atoms with van der Waals surface area (Å²) in [5.74, 6) is -2.44. The molecule has 0 spiro atoms. The molecule has 0 amide bonds. The van der Waals surface area contributed by atoms with E-state index in [0.717, 1.165) is 0 Å². The van der Waals surface area contributed by atoms with Gasteiger partial charge in [0.15, 0.2) is 11.5 Å². The molecule has 2 rings (SSSR count). The highest BCUT2D eigenvalue weighted by atomic mass is 16.7. The number of aliphatic carboxylic acids is 2. The average molecular weight is 264 g/mol. The number of hydrogen-bond donors (Lipinski definition) is 2. The van der Waals surface area contributed by atoms with Crippen LogP contribution in [0, 0.1) is 5.92 Å². The third-order valence-electron chi connectivity index (χ3n) is 2.80. The Hall–Kier alpha value is -2.50. The maximum atomic E-state index is 11.1. The lowest BCUT2D eigenvalue weighted by Gasteiger charge is -2.07. The quantitative estimate of drug-likeness (QED) is 0.802. The van der Waals surface area contributed by atoms with E-state index in [1.54, 1.807) is 18.2 Å². The number of hydrogen-bond acceptors (Lipinski definition) is 4. The lowest BCUT2D eigenvalue weighted by molar-refractivity contribution is -0.143. The van der Waals surface area contributed by atoms with Crippen molar-refractivity contribution < 1.29 is 29.3 Å². The van der Waals surface area contributed by atoms with Gasteiger partial charge in [-0.1, -0.05) is 6.07 Å². The summed E-state index contributed by atoms with van der Waals surface area (Å²) < 4.78 is 10.3. The lowest BCUT2D eigenvalue weighted by atomic mass is 9.98. The van der Waals surface area contributed by atoms with Gasteiger partial charge >= 0.3 is 11.9 Å². The SMILES string of the molecule is CC(C(=O)O)/C(=C\c1ccc2c(c1)OCO2)C(=O)O. The number of carboxylic acid groups (broad SMARTS) is 2. The second-order valence-electron chi connectivity index (χ2n) is 4.08. The zero-order valence-corrected chi connectivity index (χ0v) is 10.1. The van der Waals surface area contributed by atoms with Crippen LogP contribution in [-0.2, 0) is 9.59 Å². The van der Waals surface area contributed by atoms with Gasteiger partial charge < -0.3 is 19.7 Å². The van der Waals surface area contributed by atoms with Crippen LogP contribution < -0.4 is 9.47 Å². The first-order valence-electron chi connectivity index (χ1n) is 5.56. The van der Waals surface area contributed by atoms with Crippen molar-refractivity contribution in [3.05, 3.63) is 29.3 Å². The van der Waals surface area contributed by atoms with Gasteiger partial charge in [0.2, 0.25) is 6.79 Å². The molecule has 0 aromatic heterocycles. The van der Waals surface area contributed by atoms with Crippen LogP contribution in [0.2, 0.25) is 0 Å². The number of fused-ring (bicyclic) bond motifs is 1. The maximum absolute atomic E-state index is 11.1. The first kappa shape index (κ1) is 12.9. The monoisotopic (exact) mass is 264 g/mol. The maximum Gasteiger partial charge on any atom is 0.332 e. The summed E-state index contributed by atoms with van der Waals surface area (Å²) in [6.45, 7) is 1.45. The molecule has 0 aliphatic carbocycles. The van der Waals surface area contributed by atoms with E-state index < -0.39 is 17.9 Å². The number of ether oxygens (including phenoxy) is 2. The van der Waals surface area contributed by atoms with Gasteiger partial charge in [-0.3, -0.25) is 4.79 Å². The van der Waals surface area contributed by atoms with E-state index in [1.165, 1.54) is 13.0 Å². The Morgan fingerprint density at radius 2 is 1.95 bits per heavy atom. The fourth-order valence-electron chi connectivity index (χ4n) is 1.69. The Labute approximate surface area is 108 Å². The predicted molar refractivity (Wildman–Crippen MR) is 65.0 cm³/mol. The molecule has 100 valence electrons. The Bertz CT molecular complexity index is 560. The van der Waals surface area contributed by atoms with Gasteiger partial charge in [0.05, 0.1) is 11.5 Å². The summed E-state index contributed by atoms with van der Waals surface area (Å²) in [6.07, 6.45) is 1.32. The van der Waals surface area contributed by atoms with Crippen LogP contribution in [0.4, 0.5) is 0 Å². The van der Waals surface area contributed by atoms with Crippen LogP contribution in [0.1, 0.15) is 12.5 Å². The van der Waals surface area contributed by atoms with E-state index in [-0.39, 0.29) is 12.4 Å². The summed E-state index contributed by atoms with van der Waals surface area (Å²) in [4.78, 5) is 22.0. The zero-order chi connectivity index (χ0) is 14.0. The van der Waals surface area contributed by atoms with Crippen LogP contribution in [0.15, 0.2) is 23.8 Å². The summed E-state index contributed by atoms with van der Waals surface area (Å²) in [6, 6.07) is 4.91. The van der Waals surface area contributed by atoms with E-state index in [1.807, 2.05) is 0 Å². The highest BCUT2D eigenvalue weighted by molar-refractivity contribution is 5.98. The summed E-state index contributed by atoms with van der Waals surface area (Å²) >= 11 is 0. The van der Waals surface area contributed by atoms with Gasteiger partial charge in [-0.25, -0.2) is 4.79 Å². The topological polar surface area (TPSA) is 93.1 Å². The fourth-order valence-corrected chi connectivity index (χ4v) is 1.69. The van der Waals surface area contributed by atoms with Crippen LogP contribution in [0.5, 0.6) is 11.5 Å². The molecule has 1 aliphatic heterocycles. The summed E-state index contributed by atoms with van der Waals surface area (Å²) in [7, 11) is 0. The van der Waals surface area contributed by atoms with Crippen molar-refractivity contribution in [1.29, 1.82) is 0 Å². The minimum Gasteiger partial charge on any atom is -0.481 e. The summed E-state index contributed by atoms with van der Waals surface area (Å²) in [5, 5.41) is 17.9. The standard InChI is InChI=1S/C13H12O6/c1-7(12(14)15)9(13(16)17)4-8-2-3-10-11(5-8)19-6-18-10/h2-5,7H,6H2,1H3,(H,14,15)(H,16,17)/b9-4+. The number of carboxylic acids is 2. The van der Waals surface area contributed by atoms with Crippen LogP contribution in [0.25, 0.3) is 6.08 Å². The van der Waals surface area contributed by atoms with Gasteiger partial charge in [-0.05, 0) is 30.7 Å². The molecule has 0 saturated carbocycles. The minimum atomic E-state index is -1.26. The second-order valence-corrected chi connectivity index (χ2v) is 4.08. The van der Waals surface area contributed by atoms with Crippen molar-refractivity contribution in [1.82, 2.24) is 0 Å². The largest absolute Gasteiger partial charge is 0.481 e. The summed E-state index contributed by atoms with van der Waals surface area (Å²) in [5.41, 5.74) is 0.362. The van der Waals surface area contributed by atoms with Crippen molar-refractivity contribution >= 4 is 18.0 Å². The molecule has 6 nitrogen and oxygen atoms in total. The van der Waals surface area contributed by atoms with Crippen molar-refractivity contribution in [2.45, 2.75) is 6.92 Å². The molecule has 1 aromatic rings. The lowest BCUT2D eigenvalue weighted by Crippen LogP contribution is -2.18. The Morgan fingerprint density at radius 1 is 1.26 bits per heavy atom. The molecule has 19 heavy (non-hydrogen) atoms. The van der Waals surface area contributed by atoms with Gasteiger partial charge in [-0.15, -0.1) is 0 Å². The number of rotatable bonds is 4. The molecule has 6 heteroatoms. The smallest absolute Gasteiger partial charge is 0.332 e. The van der Waals surface area contributed by atoms with Crippen LogP contribution in [-0.4, -0.2) is 28.9 Å². The zero-order valence-electron chi connectivity index (χ0n) is 10.1. The van der Waals surface area contributed by atoms with Crippen molar-refractivity contribution in [2.24, 2.45) is 5.92 Å². The molecule has 0 bridgehead atoms. The molecule has 1 heterocycles. The van der Waals surface area contributed by atoms with Crippen LogP contribution in [0.3, 0.4) is 0 Å². The normalized spacial score (nSPS) is 15.1. The number of benzene rings is 1. The van der Waals surface area contributed by atoms with Gasteiger partial charge in [0.25, 0.3) is 0 Å². The third-order valence-corrected chi connectivity index (χ3v) is 2.80. The molecular weight excluding hydrogens is 252 g/mol. The Balaban J connectivity index is 2.36. The van der Waals surface area contributed by atoms with Crippen molar-refractivity contribution in [3.63, 3.8) is 0 Å². The Kier molecular flexibility index (Phi) is 3.41.